The van der Waals surface area contributed by atoms with Gasteiger partial charge in [-0.25, -0.2) is 0 Å². The Kier molecular flexibility index (Phi) is 9.11. The number of nitrogens with two attached hydrogens (primary N) is 1. The fraction of sp³-hybridized carbons (Fsp3) is 0.667. The molecule has 1 unspecified atom stereocenters. The Morgan fingerprint density at radius 2 is 1.76 bits per heavy atom. The maximum absolute atomic E-state index is 6.02. The van der Waals surface area contributed by atoms with Crippen LogP contribution in [0.25, 0.3) is 0 Å². The Hall–Kier alpha value is -1.06. The molecule has 0 aliphatic heterocycles. The zero-order valence-corrected chi connectivity index (χ0v) is 14.0. The predicted octanol–water partition coefficient (Wildman–Crippen LogP) is 3.99. The molecule has 0 fully saturated rings. The number of hydrogen-bond acceptors (Lipinski definition) is 3. The van der Waals surface area contributed by atoms with Crippen molar-refractivity contribution in [2.75, 3.05) is 26.2 Å². The van der Waals surface area contributed by atoms with Gasteiger partial charge in [-0.05, 0) is 25.6 Å². The van der Waals surface area contributed by atoms with E-state index in [0.29, 0.717) is 6.54 Å². The van der Waals surface area contributed by atoms with Crippen LogP contribution in [-0.4, -0.2) is 31.1 Å². The third-order valence-electron chi connectivity index (χ3n) is 4.01. The molecule has 0 aliphatic carbocycles. The first-order chi connectivity index (χ1) is 10.3. The molecular weight excluding hydrogens is 260 g/mol. The highest BCUT2D eigenvalue weighted by molar-refractivity contribution is 5.36. The maximum atomic E-state index is 6.02. The molecular formula is C18H32N2O. The zero-order chi connectivity index (χ0) is 15.5. The summed E-state index contributed by atoms with van der Waals surface area (Å²) in [5.74, 6) is 0.997. The van der Waals surface area contributed by atoms with E-state index in [1.807, 2.05) is 6.07 Å². The average Bonchev–Trinajstić information content (AvgIpc) is 2.53. The molecule has 0 bridgehead atoms. The molecule has 0 heterocycles. The van der Waals surface area contributed by atoms with Crippen molar-refractivity contribution < 1.29 is 4.74 Å². The van der Waals surface area contributed by atoms with E-state index in [-0.39, 0.29) is 6.04 Å². The lowest BCUT2D eigenvalue weighted by Gasteiger charge is -2.30. The van der Waals surface area contributed by atoms with Crippen molar-refractivity contribution in [1.29, 1.82) is 0 Å². The number of benzene rings is 1. The van der Waals surface area contributed by atoms with Gasteiger partial charge in [-0.15, -0.1) is 0 Å². The van der Waals surface area contributed by atoms with Crippen LogP contribution in [0.5, 0.6) is 5.75 Å². The molecule has 0 saturated heterocycles. The quantitative estimate of drug-likeness (QED) is 0.627. The molecule has 0 radical (unpaired) electrons. The third-order valence-corrected chi connectivity index (χ3v) is 4.01. The van der Waals surface area contributed by atoms with Crippen molar-refractivity contribution in [3.8, 4) is 5.75 Å². The number of likely N-dealkylation sites (N-methyl/N-ethyl adjacent to an activating group) is 1. The summed E-state index contributed by atoms with van der Waals surface area (Å²) in [6.07, 6.45) is 4.92. The number of hydrogen-bond donors (Lipinski definition) is 1. The first kappa shape index (κ1) is 18.0. The van der Waals surface area contributed by atoms with E-state index in [4.69, 9.17) is 10.5 Å². The molecule has 0 amide bonds. The summed E-state index contributed by atoms with van der Waals surface area (Å²) in [7, 11) is 0. The van der Waals surface area contributed by atoms with E-state index in [2.05, 4.69) is 43.9 Å². The van der Waals surface area contributed by atoms with Gasteiger partial charge in [0, 0.05) is 12.1 Å². The van der Waals surface area contributed by atoms with Crippen LogP contribution in [0.2, 0.25) is 0 Å². The molecule has 0 aliphatic rings. The van der Waals surface area contributed by atoms with Crippen LogP contribution in [0, 0.1) is 0 Å². The zero-order valence-electron chi connectivity index (χ0n) is 14.0. The molecule has 21 heavy (non-hydrogen) atoms. The van der Waals surface area contributed by atoms with Gasteiger partial charge < -0.3 is 10.5 Å². The van der Waals surface area contributed by atoms with Crippen molar-refractivity contribution in [1.82, 2.24) is 4.90 Å². The second-order valence-corrected chi connectivity index (χ2v) is 5.42. The van der Waals surface area contributed by atoms with Crippen LogP contribution in [0.3, 0.4) is 0 Å². The summed E-state index contributed by atoms with van der Waals surface area (Å²) in [5, 5.41) is 0. The van der Waals surface area contributed by atoms with Crippen molar-refractivity contribution in [2.45, 2.75) is 52.5 Å². The molecule has 2 N–H and O–H groups in total. The van der Waals surface area contributed by atoms with Gasteiger partial charge in [0.15, 0.2) is 0 Å². The second-order valence-electron chi connectivity index (χ2n) is 5.42. The van der Waals surface area contributed by atoms with Crippen LogP contribution in [0.4, 0.5) is 0 Å². The highest BCUT2D eigenvalue weighted by Crippen LogP contribution is 2.28. The number of rotatable bonds is 11. The van der Waals surface area contributed by atoms with Gasteiger partial charge in [0.25, 0.3) is 0 Å². The molecule has 1 atom stereocenters. The van der Waals surface area contributed by atoms with Crippen LogP contribution < -0.4 is 10.5 Å². The number of para-hydroxylation sites is 1. The minimum atomic E-state index is 0.242. The van der Waals surface area contributed by atoms with E-state index in [0.717, 1.165) is 31.9 Å². The highest BCUT2D eigenvalue weighted by atomic mass is 16.5. The fourth-order valence-electron chi connectivity index (χ4n) is 2.74. The smallest absolute Gasteiger partial charge is 0.124 e. The van der Waals surface area contributed by atoms with Crippen molar-refractivity contribution in [3.63, 3.8) is 0 Å². The Morgan fingerprint density at radius 1 is 1.05 bits per heavy atom. The summed E-state index contributed by atoms with van der Waals surface area (Å²) in [4.78, 5) is 2.39. The largest absolute Gasteiger partial charge is 0.493 e. The lowest BCUT2D eigenvalue weighted by molar-refractivity contribution is 0.215. The number of unbranched alkanes of at least 4 members (excludes halogenated alkanes) is 3. The topological polar surface area (TPSA) is 38.5 Å². The highest BCUT2D eigenvalue weighted by Gasteiger charge is 2.19. The fourth-order valence-corrected chi connectivity index (χ4v) is 2.74. The molecule has 1 aromatic carbocycles. The summed E-state index contributed by atoms with van der Waals surface area (Å²) in [6.45, 7) is 10.0. The van der Waals surface area contributed by atoms with Crippen LogP contribution in [0.1, 0.15) is 58.1 Å². The summed E-state index contributed by atoms with van der Waals surface area (Å²) >= 11 is 0. The summed E-state index contributed by atoms with van der Waals surface area (Å²) < 4.78 is 6.02. The van der Waals surface area contributed by atoms with Crippen LogP contribution in [0.15, 0.2) is 24.3 Å². The maximum Gasteiger partial charge on any atom is 0.124 e. The lowest BCUT2D eigenvalue weighted by Crippen LogP contribution is -2.33. The van der Waals surface area contributed by atoms with E-state index < -0.39 is 0 Å². The molecule has 0 spiro atoms. The van der Waals surface area contributed by atoms with E-state index in [1.54, 1.807) is 0 Å². The van der Waals surface area contributed by atoms with Gasteiger partial charge in [-0.1, -0.05) is 58.2 Å². The molecule has 1 rings (SSSR count). The van der Waals surface area contributed by atoms with E-state index in [9.17, 15) is 0 Å². The monoisotopic (exact) mass is 292 g/mol. The van der Waals surface area contributed by atoms with Crippen LogP contribution in [-0.2, 0) is 0 Å². The second kappa shape index (κ2) is 10.6. The average molecular weight is 292 g/mol. The van der Waals surface area contributed by atoms with Gasteiger partial charge in [0.2, 0.25) is 0 Å². The Balaban J connectivity index is 2.72. The lowest BCUT2D eigenvalue weighted by atomic mass is 10.0. The van der Waals surface area contributed by atoms with E-state index in [1.165, 1.54) is 24.8 Å². The predicted molar refractivity (Wildman–Crippen MR) is 90.8 cm³/mol. The van der Waals surface area contributed by atoms with Crippen molar-refractivity contribution in [3.05, 3.63) is 29.8 Å². The number of nitrogens with zero attached hydrogens (tertiary/aromatic N) is 1. The Morgan fingerprint density at radius 3 is 2.38 bits per heavy atom. The molecule has 0 saturated carbocycles. The van der Waals surface area contributed by atoms with Gasteiger partial charge >= 0.3 is 0 Å². The first-order valence-corrected chi connectivity index (χ1v) is 8.44. The molecule has 3 heteroatoms. The molecule has 3 nitrogen and oxygen atoms in total. The molecule has 0 aromatic heterocycles. The third kappa shape index (κ3) is 5.68. The SMILES string of the molecule is CCCCCCOc1ccccc1C(CN)N(CC)CC. The summed E-state index contributed by atoms with van der Waals surface area (Å²) in [6, 6.07) is 8.58. The summed E-state index contributed by atoms with van der Waals surface area (Å²) in [5.41, 5.74) is 7.24. The molecule has 120 valence electrons. The van der Waals surface area contributed by atoms with Gasteiger partial charge in [0.05, 0.1) is 12.6 Å². The molecule has 1 aromatic rings. The minimum absolute atomic E-state index is 0.242. The van der Waals surface area contributed by atoms with Gasteiger partial charge in [-0.3, -0.25) is 4.90 Å². The first-order valence-electron chi connectivity index (χ1n) is 8.44. The van der Waals surface area contributed by atoms with E-state index >= 15 is 0 Å². The van der Waals surface area contributed by atoms with Crippen molar-refractivity contribution >= 4 is 0 Å². The standard InChI is InChI=1S/C18H32N2O/c1-4-7-8-11-14-21-18-13-10-9-12-16(18)17(15-19)20(5-2)6-3/h9-10,12-13,17H,4-8,11,14-15,19H2,1-3H3. The normalized spacial score (nSPS) is 12.6. The van der Waals surface area contributed by atoms with Gasteiger partial charge in [-0.2, -0.15) is 0 Å². The van der Waals surface area contributed by atoms with Crippen molar-refractivity contribution in [2.24, 2.45) is 5.73 Å². The Bertz CT molecular complexity index is 377. The van der Waals surface area contributed by atoms with Gasteiger partial charge in [0.1, 0.15) is 5.75 Å². The minimum Gasteiger partial charge on any atom is -0.493 e. The number of ether oxygens (including phenoxy) is 1. The Labute approximate surface area is 130 Å². The van der Waals surface area contributed by atoms with Crippen LogP contribution >= 0.6 is 0 Å².